The average Bonchev–Trinajstić information content (AvgIpc) is 3.57. The zero-order valence-corrected chi connectivity index (χ0v) is 19.1. The van der Waals surface area contributed by atoms with E-state index in [1.807, 2.05) is 43.3 Å². The van der Waals surface area contributed by atoms with Gasteiger partial charge in [-0.25, -0.2) is 4.98 Å². The molecule has 0 fully saturated rings. The van der Waals surface area contributed by atoms with E-state index in [0.717, 1.165) is 40.3 Å². The van der Waals surface area contributed by atoms with Crippen molar-refractivity contribution in [3.8, 4) is 10.4 Å². The van der Waals surface area contributed by atoms with E-state index in [2.05, 4.69) is 15.6 Å². The second kappa shape index (κ2) is 8.72. The van der Waals surface area contributed by atoms with Crippen molar-refractivity contribution in [3.05, 3.63) is 81.2 Å². The van der Waals surface area contributed by atoms with Crippen molar-refractivity contribution in [1.82, 2.24) is 10.3 Å². The highest BCUT2D eigenvalue weighted by atomic mass is 32.1. The quantitative estimate of drug-likeness (QED) is 0.399. The van der Waals surface area contributed by atoms with Crippen molar-refractivity contribution in [1.29, 1.82) is 0 Å². The third-order valence-electron chi connectivity index (χ3n) is 5.36. The predicted molar refractivity (Wildman–Crippen MR) is 126 cm³/mol. The maximum Gasteiger partial charge on any atom is 0.276 e. The summed E-state index contributed by atoms with van der Waals surface area (Å²) in [6.07, 6.45) is 4.38. The summed E-state index contributed by atoms with van der Waals surface area (Å²) in [5, 5.41) is 7.32. The first-order valence-electron chi connectivity index (χ1n) is 10.4. The minimum atomic E-state index is -0.298. The van der Waals surface area contributed by atoms with Gasteiger partial charge in [0.25, 0.3) is 11.8 Å². The highest BCUT2D eigenvalue weighted by molar-refractivity contribution is 7.17. The fraction of sp³-hybridized carbons (Fsp3) is 0.208. The van der Waals surface area contributed by atoms with Crippen molar-refractivity contribution in [3.63, 3.8) is 0 Å². The monoisotopic (exact) mass is 463 g/mol. The molecule has 2 amide bonds. The number of furan rings is 1. The number of thiazole rings is 1. The molecule has 0 saturated heterocycles. The van der Waals surface area contributed by atoms with Crippen molar-refractivity contribution in [2.24, 2.45) is 0 Å². The minimum Gasteiger partial charge on any atom is -0.467 e. The molecule has 4 aromatic rings. The normalized spacial score (nSPS) is 12.5. The van der Waals surface area contributed by atoms with Crippen LogP contribution in [-0.2, 0) is 19.4 Å². The molecule has 1 aromatic carbocycles. The van der Waals surface area contributed by atoms with Crippen LogP contribution in [0, 0.1) is 6.92 Å². The van der Waals surface area contributed by atoms with E-state index in [1.54, 1.807) is 12.3 Å². The SMILES string of the molecule is Cc1nc(C(=O)Nc2sc3c(c2C(=O)NCc2ccco2)CCC3)c(-c2ccccc2)s1. The lowest BCUT2D eigenvalue weighted by Crippen LogP contribution is -2.25. The summed E-state index contributed by atoms with van der Waals surface area (Å²) >= 11 is 2.98. The van der Waals surface area contributed by atoms with Crippen LogP contribution in [-0.4, -0.2) is 16.8 Å². The number of thiophene rings is 1. The largest absolute Gasteiger partial charge is 0.467 e. The number of amides is 2. The molecule has 1 aliphatic rings. The number of hydrogen-bond acceptors (Lipinski definition) is 6. The van der Waals surface area contributed by atoms with Crippen LogP contribution in [0.1, 0.15) is 48.5 Å². The van der Waals surface area contributed by atoms with Gasteiger partial charge in [0, 0.05) is 4.88 Å². The summed E-state index contributed by atoms with van der Waals surface area (Å²) < 4.78 is 5.32. The summed E-state index contributed by atoms with van der Waals surface area (Å²) in [5.74, 6) is 0.184. The molecular formula is C24H21N3O3S2. The van der Waals surface area contributed by atoms with E-state index in [1.165, 1.54) is 27.6 Å². The third kappa shape index (κ3) is 3.99. The molecule has 0 aliphatic heterocycles. The second-order valence-electron chi connectivity index (χ2n) is 7.55. The van der Waals surface area contributed by atoms with Gasteiger partial charge in [0.2, 0.25) is 0 Å². The number of anilines is 1. The van der Waals surface area contributed by atoms with Gasteiger partial charge < -0.3 is 15.1 Å². The van der Waals surface area contributed by atoms with Gasteiger partial charge in [0.1, 0.15) is 16.5 Å². The summed E-state index contributed by atoms with van der Waals surface area (Å²) in [4.78, 5) is 32.8. The van der Waals surface area contributed by atoms with E-state index in [0.29, 0.717) is 28.6 Å². The molecule has 0 radical (unpaired) electrons. The Balaban J connectivity index is 1.43. The molecule has 162 valence electrons. The Morgan fingerprint density at radius 1 is 1.06 bits per heavy atom. The zero-order chi connectivity index (χ0) is 22.1. The van der Waals surface area contributed by atoms with E-state index >= 15 is 0 Å². The van der Waals surface area contributed by atoms with E-state index in [9.17, 15) is 9.59 Å². The molecule has 8 heteroatoms. The number of carbonyl (C=O) groups is 2. The Morgan fingerprint density at radius 3 is 2.69 bits per heavy atom. The van der Waals surface area contributed by atoms with Crippen molar-refractivity contribution in [2.75, 3.05) is 5.32 Å². The molecule has 3 heterocycles. The number of aromatic nitrogens is 1. The van der Waals surface area contributed by atoms with E-state index < -0.39 is 0 Å². The summed E-state index contributed by atoms with van der Waals surface area (Å²) in [6.45, 7) is 2.19. The first kappa shape index (κ1) is 20.7. The number of hydrogen-bond donors (Lipinski definition) is 2. The molecule has 1 aliphatic carbocycles. The Labute approximate surface area is 193 Å². The van der Waals surface area contributed by atoms with Crippen LogP contribution < -0.4 is 10.6 Å². The van der Waals surface area contributed by atoms with Crippen LogP contribution in [0.15, 0.2) is 53.1 Å². The standard InChI is InChI=1S/C24H21N3O3S2/c1-14-26-20(21(31-14)15-7-3-2-4-8-15)23(29)27-24-19(17-10-5-11-18(17)32-24)22(28)25-13-16-9-6-12-30-16/h2-4,6-9,12H,5,10-11,13H2,1H3,(H,25,28)(H,27,29). The molecule has 0 atom stereocenters. The van der Waals surface area contributed by atoms with Crippen LogP contribution in [0.4, 0.5) is 5.00 Å². The summed E-state index contributed by atoms with van der Waals surface area (Å²) in [5.41, 5.74) is 2.94. The minimum absolute atomic E-state index is 0.200. The number of aryl methyl sites for hydroxylation is 2. The Bertz CT molecular complexity index is 1270. The Hall–Kier alpha value is -3.23. The van der Waals surface area contributed by atoms with Crippen LogP contribution in [0.25, 0.3) is 10.4 Å². The maximum absolute atomic E-state index is 13.3. The van der Waals surface area contributed by atoms with Gasteiger partial charge in [-0.1, -0.05) is 30.3 Å². The van der Waals surface area contributed by atoms with E-state index in [4.69, 9.17) is 4.42 Å². The van der Waals surface area contributed by atoms with Crippen LogP contribution in [0.2, 0.25) is 0 Å². The van der Waals surface area contributed by atoms with Gasteiger partial charge in [0.05, 0.1) is 28.3 Å². The van der Waals surface area contributed by atoms with Gasteiger partial charge in [-0.05, 0) is 49.4 Å². The zero-order valence-electron chi connectivity index (χ0n) is 17.4. The fourth-order valence-electron chi connectivity index (χ4n) is 3.93. The lowest BCUT2D eigenvalue weighted by atomic mass is 10.1. The number of benzene rings is 1. The molecule has 32 heavy (non-hydrogen) atoms. The second-order valence-corrected chi connectivity index (χ2v) is 9.86. The molecule has 2 N–H and O–H groups in total. The van der Waals surface area contributed by atoms with Crippen LogP contribution in [0.5, 0.6) is 0 Å². The third-order valence-corrected chi connectivity index (χ3v) is 7.59. The average molecular weight is 464 g/mol. The van der Waals surface area contributed by atoms with Crippen molar-refractivity contribution >= 4 is 39.5 Å². The predicted octanol–water partition coefficient (Wildman–Crippen LogP) is 5.44. The lowest BCUT2D eigenvalue weighted by molar-refractivity contribution is 0.0948. The van der Waals surface area contributed by atoms with Gasteiger partial charge in [0.15, 0.2) is 0 Å². The van der Waals surface area contributed by atoms with Gasteiger partial charge >= 0.3 is 0 Å². The van der Waals surface area contributed by atoms with E-state index in [-0.39, 0.29) is 11.8 Å². The van der Waals surface area contributed by atoms with Crippen molar-refractivity contribution < 1.29 is 14.0 Å². The molecular weight excluding hydrogens is 442 g/mol. The summed E-state index contributed by atoms with van der Waals surface area (Å²) in [7, 11) is 0. The number of rotatable bonds is 6. The molecule has 0 saturated carbocycles. The van der Waals surface area contributed by atoms with Crippen LogP contribution >= 0.6 is 22.7 Å². The van der Waals surface area contributed by atoms with Gasteiger partial charge in [-0.3, -0.25) is 9.59 Å². The molecule has 0 spiro atoms. The molecule has 6 nitrogen and oxygen atoms in total. The van der Waals surface area contributed by atoms with Gasteiger partial charge in [-0.15, -0.1) is 22.7 Å². The smallest absolute Gasteiger partial charge is 0.276 e. The first-order valence-corrected chi connectivity index (χ1v) is 12.0. The fourth-order valence-corrected chi connectivity index (χ4v) is 6.13. The van der Waals surface area contributed by atoms with Crippen molar-refractivity contribution in [2.45, 2.75) is 32.7 Å². The Kier molecular flexibility index (Phi) is 5.63. The number of nitrogens with zero attached hydrogens (tertiary/aromatic N) is 1. The van der Waals surface area contributed by atoms with Crippen LogP contribution in [0.3, 0.4) is 0 Å². The molecule has 0 unspecified atom stereocenters. The number of carbonyl (C=O) groups excluding carboxylic acids is 2. The topological polar surface area (TPSA) is 84.2 Å². The number of nitrogens with one attached hydrogen (secondary N) is 2. The highest BCUT2D eigenvalue weighted by Crippen LogP contribution is 2.40. The Morgan fingerprint density at radius 2 is 1.91 bits per heavy atom. The molecule has 3 aromatic heterocycles. The molecule has 0 bridgehead atoms. The molecule has 5 rings (SSSR count). The summed E-state index contributed by atoms with van der Waals surface area (Å²) in [6, 6.07) is 13.4. The maximum atomic E-state index is 13.3. The van der Waals surface area contributed by atoms with Gasteiger partial charge in [-0.2, -0.15) is 0 Å². The number of fused-ring (bicyclic) bond motifs is 1. The first-order chi connectivity index (χ1) is 15.6. The highest BCUT2D eigenvalue weighted by Gasteiger charge is 2.29. The lowest BCUT2D eigenvalue weighted by Gasteiger charge is -2.09.